The van der Waals surface area contributed by atoms with Crippen LogP contribution < -0.4 is 5.32 Å². The molecule has 2 aliphatic rings. The van der Waals surface area contributed by atoms with E-state index in [-0.39, 0.29) is 11.5 Å². The SMILES string of the molecule is Oc1cc2c(cc1O)C(N1CCCC1)CNC2. The van der Waals surface area contributed by atoms with Crippen molar-refractivity contribution >= 4 is 0 Å². The van der Waals surface area contributed by atoms with Crippen LogP contribution in [0.2, 0.25) is 0 Å². The zero-order valence-corrected chi connectivity index (χ0v) is 9.82. The van der Waals surface area contributed by atoms with Crippen molar-refractivity contribution in [2.24, 2.45) is 0 Å². The van der Waals surface area contributed by atoms with Crippen molar-refractivity contribution in [3.05, 3.63) is 23.3 Å². The van der Waals surface area contributed by atoms with Crippen LogP contribution in [0.4, 0.5) is 0 Å². The average Bonchev–Trinajstić information content (AvgIpc) is 2.83. The number of phenolic OH excluding ortho intramolecular Hbond substituents is 2. The van der Waals surface area contributed by atoms with E-state index in [2.05, 4.69) is 10.2 Å². The lowest BCUT2D eigenvalue weighted by molar-refractivity contribution is 0.227. The molecule has 0 aromatic heterocycles. The molecule has 1 atom stereocenters. The lowest BCUT2D eigenvalue weighted by Gasteiger charge is -2.33. The van der Waals surface area contributed by atoms with Gasteiger partial charge in [-0.1, -0.05) is 0 Å². The Morgan fingerprint density at radius 2 is 1.82 bits per heavy atom. The zero-order valence-electron chi connectivity index (χ0n) is 9.82. The van der Waals surface area contributed by atoms with Gasteiger partial charge in [-0.2, -0.15) is 0 Å². The quantitative estimate of drug-likeness (QED) is 0.642. The highest BCUT2D eigenvalue weighted by atomic mass is 16.3. The molecule has 0 amide bonds. The van der Waals surface area contributed by atoms with Gasteiger partial charge in [-0.3, -0.25) is 4.90 Å². The van der Waals surface area contributed by atoms with Crippen molar-refractivity contribution in [1.82, 2.24) is 10.2 Å². The highest BCUT2D eigenvalue weighted by Crippen LogP contribution is 2.36. The molecule has 1 aromatic carbocycles. The molecule has 1 saturated heterocycles. The van der Waals surface area contributed by atoms with Crippen molar-refractivity contribution in [2.45, 2.75) is 25.4 Å². The lowest BCUT2D eigenvalue weighted by Crippen LogP contribution is -2.38. The molecule has 0 spiro atoms. The Hall–Kier alpha value is -1.26. The monoisotopic (exact) mass is 234 g/mol. The molecule has 4 heteroatoms. The predicted octanol–water partition coefficient (Wildman–Crippen LogP) is 1.34. The first-order valence-corrected chi connectivity index (χ1v) is 6.25. The predicted molar refractivity (Wildman–Crippen MR) is 65.0 cm³/mol. The summed E-state index contributed by atoms with van der Waals surface area (Å²) in [5, 5.41) is 22.6. The van der Waals surface area contributed by atoms with E-state index in [0.29, 0.717) is 6.04 Å². The van der Waals surface area contributed by atoms with E-state index < -0.39 is 0 Å². The fourth-order valence-electron chi connectivity index (χ4n) is 2.93. The van der Waals surface area contributed by atoms with E-state index in [0.717, 1.165) is 31.7 Å². The molecule has 0 aliphatic carbocycles. The van der Waals surface area contributed by atoms with Gasteiger partial charge in [-0.15, -0.1) is 0 Å². The summed E-state index contributed by atoms with van der Waals surface area (Å²) >= 11 is 0. The molecule has 2 heterocycles. The van der Waals surface area contributed by atoms with Gasteiger partial charge in [0.1, 0.15) is 0 Å². The first-order chi connectivity index (χ1) is 8.25. The third-order valence-electron chi connectivity index (χ3n) is 3.83. The molecule has 1 fully saturated rings. The molecule has 3 N–H and O–H groups in total. The van der Waals surface area contributed by atoms with E-state index in [1.807, 2.05) is 0 Å². The molecule has 3 rings (SSSR count). The van der Waals surface area contributed by atoms with Gasteiger partial charge < -0.3 is 15.5 Å². The number of benzene rings is 1. The normalized spacial score (nSPS) is 24.8. The molecule has 0 bridgehead atoms. The highest BCUT2D eigenvalue weighted by Gasteiger charge is 2.28. The van der Waals surface area contributed by atoms with Gasteiger partial charge >= 0.3 is 0 Å². The maximum atomic E-state index is 9.65. The van der Waals surface area contributed by atoms with Crippen LogP contribution in [0, 0.1) is 0 Å². The highest BCUT2D eigenvalue weighted by molar-refractivity contribution is 5.47. The average molecular weight is 234 g/mol. The van der Waals surface area contributed by atoms with Crippen LogP contribution in [0.25, 0.3) is 0 Å². The molecule has 0 radical (unpaired) electrons. The maximum absolute atomic E-state index is 9.65. The molecular formula is C13H18N2O2. The van der Waals surface area contributed by atoms with Gasteiger partial charge in [-0.05, 0) is 49.2 Å². The second-order valence-corrected chi connectivity index (χ2v) is 4.93. The minimum Gasteiger partial charge on any atom is -0.504 e. The first-order valence-electron chi connectivity index (χ1n) is 6.25. The van der Waals surface area contributed by atoms with Gasteiger partial charge in [0.25, 0.3) is 0 Å². The minimum atomic E-state index is -0.0207. The Morgan fingerprint density at radius 1 is 1.12 bits per heavy atom. The number of nitrogens with one attached hydrogen (secondary N) is 1. The molecule has 1 unspecified atom stereocenters. The van der Waals surface area contributed by atoms with Crippen LogP contribution in [-0.4, -0.2) is 34.7 Å². The van der Waals surface area contributed by atoms with Gasteiger partial charge in [0.2, 0.25) is 0 Å². The van der Waals surface area contributed by atoms with Crippen LogP contribution in [0.15, 0.2) is 12.1 Å². The zero-order chi connectivity index (χ0) is 11.8. The first kappa shape index (κ1) is 10.9. The summed E-state index contributed by atoms with van der Waals surface area (Å²) in [5.74, 6) is -0.0255. The van der Waals surface area contributed by atoms with E-state index in [1.54, 1.807) is 12.1 Å². The fourth-order valence-corrected chi connectivity index (χ4v) is 2.93. The molecule has 2 aliphatic heterocycles. The third-order valence-corrected chi connectivity index (χ3v) is 3.83. The number of hydrogen-bond acceptors (Lipinski definition) is 4. The number of likely N-dealkylation sites (tertiary alicyclic amines) is 1. The van der Waals surface area contributed by atoms with Gasteiger partial charge in [0.15, 0.2) is 11.5 Å². The summed E-state index contributed by atoms with van der Waals surface area (Å²) in [6.07, 6.45) is 2.52. The van der Waals surface area contributed by atoms with Crippen LogP contribution in [0.5, 0.6) is 11.5 Å². The number of hydrogen-bond donors (Lipinski definition) is 3. The third kappa shape index (κ3) is 1.87. The maximum Gasteiger partial charge on any atom is 0.157 e. The summed E-state index contributed by atoms with van der Waals surface area (Å²) in [6.45, 7) is 3.96. The van der Waals surface area contributed by atoms with Crippen LogP contribution in [-0.2, 0) is 6.54 Å². The largest absolute Gasteiger partial charge is 0.504 e. The number of phenols is 2. The summed E-state index contributed by atoms with van der Waals surface area (Å²) in [4.78, 5) is 2.46. The molecule has 17 heavy (non-hydrogen) atoms. The smallest absolute Gasteiger partial charge is 0.157 e. The molecular weight excluding hydrogens is 216 g/mol. The Bertz CT molecular complexity index is 428. The van der Waals surface area contributed by atoms with Gasteiger partial charge in [0, 0.05) is 19.1 Å². The number of fused-ring (bicyclic) bond motifs is 1. The summed E-state index contributed by atoms with van der Waals surface area (Å²) in [7, 11) is 0. The molecule has 0 saturated carbocycles. The number of aromatic hydroxyl groups is 2. The Balaban J connectivity index is 1.97. The van der Waals surface area contributed by atoms with Crippen LogP contribution in [0.3, 0.4) is 0 Å². The van der Waals surface area contributed by atoms with E-state index in [9.17, 15) is 10.2 Å². The Morgan fingerprint density at radius 3 is 2.59 bits per heavy atom. The molecule has 1 aromatic rings. The van der Waals surface area contributed by atoms with Crippen molar-refractivity contribution in [3.8, 4) is 11.5 Å². The summed E-state index contributed by atoms with van der Waals surface area (Å²) < 4.78 is 0. The topological polar surface area (TPSA) is 55.7 Å². The van der Waals surface area contributed by atoms with Gasteiger partial charge in [0.05, 0.1) is 0 Å². The fraction of sp³-hybridized carbons (Fsp3) is 0.538. The summed E-state index contributed by atoms with van der Waals surface area (Å²) in [6, 6.07) is 3.75. The van der Waals surface area contributed by atoms with Gasteiger partial charge in [-0.25, -0.2) is 0 Å². The van der Waals surface area contributed by atoms with E-state index in [4.69, 9.17) is 0 Å². The van der Waals surface area contributed by atoms with E-state index >= 15 is 0 Å². The summed E-state index contributed by atoms with van der Waals surface area (Å²) in [5.41, 5.74) is 2.27. The number of nitrogens with zero attached hydrogens (tertiary/aromatic N) is 1. The molecule has 4 nitrogen and oxygen atoms in total. The van der Waals surface area contributed by atoms with Crippen molar-refractivity contribution in [3.63, 3.8) is 0 Å². The van der Waals surface area contributed by atoms with Crippen molar-refractivity contribution in [2.75, 3.05) is 19.6 Å². The Kier molecular flexibility index (Phi) is 2.68. The Labute approximate surface area is 101 Å². The number of rotatable bonds is 1. The van der Waals surface area contributed by atoms with Crippen LogP contribution in [0.1, 0.15) is 30.0 Å². The second kappa shape index (κ2) is 4.20. The van der Waals surface area contributed by atoms with Crippen LogP contribution >= 0.6 is 0 Å². The molecule has 92 valence electrons. The lowest BCUT2D eigenvalue weighted by atomic mass is 9.95. The van der Waals surface area contributed by atoms with E-state index in [1.165, 1.54) is 18.4 Å². The minimum absolute atomic E-state index is 0.00477. The van der Waals surface area contributed by atoms with Crippen molar-refractivity contribution < 1.29 is 10.2 Å². The second-order valence-electron chi connectivity index (χ2n) is 4.93. The standard InChI is InChI=1S/C13H18N2O2/c16-12-5-9-7-14-8-11(10(9)6-13(12)17)15-3-1-2-4-15/h5-6,11,14,16-17H,1-4,7-8H2. The van der Waals surface area contributed by atoms with Crippen molar-refractivity contribution in [1.29, 1.82) is 0 Å².